The van der Waals surface area contributed by atoms with Crippen LogP contribution < -0.4 is 5.32 Å². The number of halogens is 1. The van der Waals surface area contributed by atoms with Gasteiger partial charge in [0, 0.05) is 19.2 Å². The molecule has 0 aromatic heterocycles. The van der Waals surface area contributed by atoms with Crippen molar-refractivity contribution in [1.82, 2.24) is 5.32 Å². The molecule has 1 rings (SSSR count). The van der Waals surface area contributed by atoms with Gasteiger partial charge < -0.3 is 10.1 Å². The first-order valence-electron chi connectivity index (χ1n) is 4.77. The Hall–Kier alpha value is -1.47. The van der Waals surface area contributed by atoms with Gasteiger partial charge in [0.15, 0.2) is 0 Å². The van der Waals surface area contributed by atoms with Crippen molar-refractivity contribution in [2.45, 2.75) is 4.90 Å². The minimum absolute atomic E-state index is 0.0832. The van der Waals surface area contributed by atoms with E-state index < -0.39 is 21.0 Å². The summed E-state index contributed by atoms with van der Waals surface area (Å²) in [4.78, 5) is 11.0. The van der Waals surface area contributed by atoms with Gasteiger partial charge in [0.05, 0.1) is 11.5 Å². The highest BCUT2D eigenvalue weighted by atomic mass is 32.3. The second-order valence-corrected chi connectivity index (χ2v) is 4.56. The number of rotatable bonds is 5. The molecule has 0 unspecified atom stereocenters. The monoisotopic (exact) mass is 261 g/mol. The summed E-state index contributed by atoms with van der Waals surface area (Å²) in [7, 11) is -3.30. The molecule has 0 saturated heterocycles. The third kappa shape index (κ3) is 4.12. The normalized spacial score (nSPS) is 11.2. The van der Waals surface area contributed by atoms with E-state index in [0.717, 1.165) is 12.1 Å². The molecule has 0 radical (unpaired) electrons. The topological polar surface area (TPSA) is 72.5 Å². The number of benzene rings is 1. The van der Waals surface area contributed by atoms with Gasteiger partial charge in [-0.15, -0.1) is 3.89 Å². The van der Waals surface area contributed by atoms with Gasteiger partial charge in [-0.25, -0.2) is 0 Å². The molecule has 17 heavy (non-hydrogen) atoms. The van der Waals surface area contributed by atoms with Crippen LogP contribution in [0.3, 0.4) is 0 Å². The van der Waals surface area contributed by atoms with E-state index in [1.165, 1.54) is 19.2 Å². The zero-order chi connectivity index (χ0) is 12.9. The Labute approximate surface area is 98.8 Å². The molecular weight excluding hydrogens is 249 g/mol. The zero-order valence-corrected chi connectivity index (χ0v) is 9.96. The Balaban J connectivity index is 2.82. The van der Waals surface area contributed by atoms with Crippen LogP contribution in [0.5, 0.6) is 0 Å². The van der Waals surface area contributed by atoms with Crippen LogP contribution in [0.1, 0.15) is 10.4 Å². The fourth-order valence-corrected chi connectivity index (χ4v) is 1.67. The van der Waals surface area contributed by atoms with Gasteiger partial charge in [-0.1, -0.05) is 6.07 Å². The van der Waals surface area contributed by atoms with Crippen LogP contribution in [-0.4, -0.2) is 34.6 Å². The highest BCUT2D eigenvalue weighted by molar-refractivity contribution is 7.86. The first kappa shape index (κ1) is 13.6. The van der Waals surface area contributed by atoms with Crippen molar-refractivity contribution in [2.75, 3.05) is 20.3 Å². The summed E-state index contributed by atoms with van der Waals surface area (Å²) in [5.74, 6) is -0.479. The number of hydrogen-bond donors (Lipinski definition) is 1. The highest BCUT2D eigenvalue weighted by Gasteiger charge is 2.14. The maximum atomic E-state index is 12.7. The molecule has 94 valence electrons. The van der Waals surface area contributed by atoms with Crippen LogP contribution in [0, 0.1) is 0 Å². The number of amides is 1. The average Bonchev–Trinajstić information content (AvgIpc) is 2.28. The third-order valence-corrected chi connectivity index (χ3v) is 2.79. The molecule has 0 fully saturated rings. The summed E-state index contributed by atoms with van der Waals surface area (Å²) in [6.07, 6.45) is 0. The van der Waals surface area contributed by atoms with E-state index in [2.05, 4.69) is 5.32 Å². The van der Waals surface area contributed by atoms with Crippen molar-refractivity contribution in [3.8, 4) is 0 Å². The molecule has 0 atom stereocenters. The second kappa shape index (κ2) is 5.74. The number of nitrogens with one attached hydrogen (secondary N) is 1. The van der Waals surface area contributed by atoms with Crippen LogP contribution in [0.2, 0.25) is 0 Å². The van der Waals surface area contributed by atoms with Gasteiger partial charge in [-0.3, -0.25) is 4.79 Å². The lowest BCUT2D eigenvalue weighted by molar-refractivity contribution is 0.0937. The van der Waals surface area contributed by atoms with Crippen molar-refractivity contribution >= 4 is 16.1 Å². The fourth-order valence-electron chi connectivity index (χ4n) is 1.16. The lowest BCUT2D eigenvalue weighted by Gasteiger charge is -2.04. The predicted octanol–water partition coefficient (Wildman–Crippen LogP) is 0.721. The van der Waals surface area contributed by atoms with Gasteiger partial charge in [0.2, 0.25) is 0 Å². The summed E-state index contributed by atoms with van der Waals surface area (Å²) in [5, 5.41) is 2.50. The lowest BCUT2D eigenvalue weighted by atomic mass is 10.2. The molecule has 1 N–H and O–H groups in total. The summed E-state index contributed by atoms with van der Waals surface area (Å²) < 4.78 is 38.7. The Kier molecular flexibility index (Phi) is 4.59. The number of ether oxygens (including phenoxy) is 1. The Morgan fingerprint density at radius 1 is 1.47 bits per heavy atom. The van der Waals surface area contributed by atoms with Crippen LogP contribution >= 0.6 is 0 Å². The minimum atomic E-state index is -4.79. The molecule has 0 aliphatic rings. The van der Waals surface area contributed by atoms with Gasteiger partial charge in [-0.05, 0) is 18.2 Å². The number of methoxy groups -OCH3 is 1. The van der Waals surface area contributed by atoms with Crippen molar-refractivity contribution in [2.24, 2.45) is 0 Å². The van der Waals surface area contributed by atoms with Crippen molar-refractivity contribution in [1.29, 1.82) is 0 Å². The van der Waals surface area contributed by atoms with Gasteiger partial charge in [0.1, 0.15) is 0 Å². The molecule has 7 heteroatoms. The second-order valence-electron chi connectivity index (χ2n) is 3.21. The zero-order valence-electron chi connectivity index (χ0n) is 9.14. The summed E-state index contributed by atoms with van der Waals surface area (Å²) in [5.41, 5.74) is 0.0832. The van der Waals surface area contributed by atoms with Crippen molar-refractivity contribution in [3.05, 3.63) is 29.8 Å². The van der Waals surface area contributed by atoms with Gasteiger partial charge in [0.25, 0.3) is 5.91 Å². The van der Waals surface area contributed by atoms with Crippen LogP contribution in [0.4, 0.5) is 3.89 Å². The van der Waals surface area contributed by atoms with Crippen molar-refractivity contribution in [3.63, 3.8) is 0 Å². The molecule has 0 heterocycles. The Morgan fingerprint density at radius 2 is 2.18 bits per heavy atom. The van der Waals surface area contributed by atoms with E-state index in [0.29, 0.717) is 13.2 Å². The highest BCUT2D eigenvalue weighted by Crippen LogP contribution is 2.13. The lowest BCUT2D eigenvalue weighted by Crippen LogP contribution is -2.26. The number of hydrogen-bond acceptors (Lipinski definition) is 4. The quantitative estimate of drug-likeness (QED) is 0.626. The Bertz CT molecular complexity index is 501. The van der Waals surface area contributed by atoms with Crippen LogP contribution in [-0.2, 0) is 15.0 Å². The van der Waals surface area contributed by atoms with E-state index >= 15 is 0 Å². The van der Waals surface area contributed by atoms with E-state index in [-0.39, 0.29) is 5.56 Å². The summed E-state index contributed by atoms with van der Waals surface area (Å²) >= 11 is 0. The number of carbonyl (C=O) groups excluding carboxylic acids is 1. The van der Waals surface area contributed by atoms with E-state index in [9.17, 15) is 17.1 Å². The Morgan fingerprint density at radius 3 is 2.76 bits per heavy atom. The molecule has 5 nitrogen and oxygen atoms in total. The first-order valence-corrected chi connectivity index (χ1v) is 6.15. The molecule has 1 aromatic rings. The maximum Gasteiger partial charge on any atom is 0.332 e. The van der Waals surface area contributed by atoms with E-state index in [1.807, 2.05) is 0 Å². The molecule has 1 aromatic carbocycles. The van der Waals surface area contributed by atoms with Crippen LogP contribution in [0.25, 0.3) is 0 Å². The van der Waals surface area contributed by atoms with Gasteiger partial charge in [-0.2, -0.15) is 8.42 Å². The largest absolute Gasteiger partial charge is 0.383 e. The molecule has 0 aliphatic heterocycles. The van der Waals surface area contributed by atoms with Gasteiger partial charge >= 0.3 is 10.2 Å². The van der Waals surface area contributed by atoms with Crippen LogP contribution in [0.15, 0.2) is 29.2 Å². The summed E-state index contributed by atoms with van der Waals surface area (Å²) in [6.45, 7) is 0.634. The number of carbonyl (C=O) groups is 1. The predicted molar refractivity (Wildman–Crippen MR) is 58.9 cm³/mol. The first-order chi connectivity index (χ1) is 7.95. The smallest absolute Gasteiger partial charge is 0.332 e. The molecule has 0 spiro atoms. The minimum Gasteiger partial charge on any atom is -0.383 e. The van der Waals surface area contributed by atoms with E-state index in [4.69, 9.17) is 4.74 Å². The standard InChI is InChI=1S/C10H12FNO4S/c1-16-6-5-12-10(13)8-3-2-4-9(7-8)17(11,14)15/h2-4,7H,5-6H2,1H3,(H,12,13). The fraction of sp³-hybridized carbons (Fsp3) is 0.300. The van der Waals surface area contributed by atoms with E-state index in [1.54, 1.807) is 0 Å². The molecule has 0 saturated carbocycles. The molecule has 0 aliphatic carbocycles. The van der Waals surface area contributed by atoms with Crippen molar-refractivity contribution < 1.29 is 21.8 Å². The molecular formula is C10H12FNO4S. The molecule has 0 bridgehead atoms. The summed E-state index contributed by atoms with van der Waals surface area (Å²) in [6, 6.07) is 4.77. The average molecular weight is 261 g/mol. The third-order valence-electron chi connectivity index (χ3n) is 1.97. The maximum absolute atomic E-state index is 12.7. The SMILES string of the molecule is COCCNC(=O)c1cccc(S(=O)(=O)F)c1. The molecule has 1 amide bonds.